The van der Waals surface area contributed by atoms with E-state index in [4.69, 9.17) is 0 Å². The summed E-state index contributed by atoms with van der Waals surface area (Å²) in [6, 6.07) is 9.63. The molecule has 1 saturated heterocycles. The standard InChI is InChI=1S/C16H21N3O2/c20-15(12-6-7-12)17-14-8-10-19(11-9-14)16(21)18-13-4-2-1-3-5-13/h1-5,12,14H,6-11H2,(H,17,20)(H,18,21). The molecule has 0 atom stereocenters. The number of carbonyl (C=O) groups is 2. The molecule has 1 aliphatic carbocycles. The summed E-state index contributed by atoms with van der Waals surface area (Å²) in [7, 11) is 0. The fourth-order valence-electron chi connectivity index (χ4n) is 2.62. The maximum atomic E-state index is 12.1. The summed E-state index contributed by atoms with van der Waals surface area (Å²) in [4.78, 5) is 25.7. The SMILES string of the molecule is O=C(NC1CCN(C(=O)Nc2ccccc2)CC1)C1CC1. The van der Waals surface area contributed by atoms with Gasteiger partial charge in [0.2, 0.25) is 5.91 Å². The average molecular weight is 287 g/mol. The number of nitrogens with zero attached hydrogens (tertiary/aromatic N) is 1. The van der Waals surface area contributed by atoms with Crippen LogP contribution >= 0.6 is 0 Å². The van der Waals surface area contributed by atoms with Crippen LogP contribution in [0.15, 0.2) is 30.3 Å². The molecule has 0 unspecified atom stereocenters. The van der Waals surface area contributed by atoms with Crippen molar-refractivity contribution in [3.8, 4) is 0 Å². The van der Waals surface area contributed by atoms with E-state index in [1.54, 1.807) is 0 Å². The highest BCUT2D eigenvalue weighted by molar-refractivity contribution is 5.89. The summed E-state index contributed by atoms with van der Waals surface area (Å²) in [5.74, 6) is 0.451. The van der Waals surface area contributed by atoms with Gasteiger partial charge in [0, 0.05) is 30.7 Å². The number of nitrogens with one attached hydrogen (secondary N) is 2. The summed E-state index contributed by atoms with van der Waals surface area (Å²) in [6.07, 6.45) is 3.73. The Balaban J connectivity index is 1.44. The molecular weight excluding hydrogens is 266 g/mol. The number of urea groups is 1. The van der Waals surface area contributed by atoms with Crippen molar-refractivity contribution in [3.05, 3.63) is 30.3 Å². The number of hydrogen-bond donors (Lipinski definition) is 2. The Hall–Kier alpha value is -2.04. The van der Waals surface area contributed by atoms with Crippen molar-refractivity contribution < 1.29 is 9.59 Å². The lowest BCUT2D eigenvalue weighted by Gasteiger charge is -2.32. The molecule has 0 spiro atoms. The zero-order valence-corrected chi connectivity index (χ0v) is 12.0. The third-order valence-electron chi connectivity index (χ3n) is 4.10. The Morgan fingerprint density at radius 2 is 1.67 bits per heavy atom. The first-order valence-electron chi connectivity index (χ1n) is 7.64. The molecule has 1 aromatic carbocycles. The molecule has 2 fully saturated rings. The maximum Gasteiger partial charge on any atom is 0.321 e. The Morgan fingerprint density at radius 1 is 1.00 bits per heavy atom. The van der Waals surface area contributed by atoms with Gasteiger partial charge in [-0.2, -0.15) is 0 Å². The smallest absolute Gasteiger partial charge is 0.321 e. The number of likely N-dealkylation sites (tertiary alicyclic amines) is 1. The minimum atomic E-state index is -0.0619. The highest BCUT2D eigenvalue weighted by Gasteiger charge is 2.32. The molecular formula is C16H21N3O2. The molecule has 1 heterocycles. The summed E-state index contributed by atoms with van der Waals surface area (Å²) >= 11 is 0. The van der Waals surface area contributed by atoms with Gasteiger partial charge < -0.3 is 15.5 Å². The fraction of sp³-hybridized carbons (Fsp3) is 0.500. The van der Waals surface area contributed by atoms with Crippen LogP contribution < -0.4 is 10.6 Å². The predicted molar refractivity (Wildman–Crippen MR) is 80.9 cm³/mol. The minimum Gasteiger partial charge on any atom is -0.353 e. The zero-order chi connectivity index (χ0) is 14.7. The molecule has 0 bridgehead atoms. The number of para-hydroxylation sites is 1. The van der Waals surface area contributed by atoms with Gasteiger partial charge in [-0.05, 0) is 37.8 Å². The minimum absolute atomic E-state index is 0.0619. The van der Waals surface area contributed by atoms with E-state index in [0.29, 0.717) is 13.1 Å². The van der Waals surface area contributed by atoms with Crippen molar-refractivity contribution in [1.82, 2.24) is 10.2 Å². The second-order valence-electron chi connectivity index (χ2n) is 5.84. The Labute approximate surface area is 124 Å². The lowest BCUT2D eigenvalue weighted by Crippen LogP contribution is -2.48. The topological polar surface area (TPSA) is 61.4 Å². The number of carbonyl (C=O) groups excluding carboxylic acids is 2. The Kier molecular flexibility index (Phi) is 4.08. The molecule has 2 aliphatic rings. The van der Waals surface area contributed by atoms with Gasteiger partial charge in [-0.3, -0.25) is 4.79 Å². The van der Waals surface area contributed by atoms with Gasteiger partial charge in [0.1, 0.15) is 0 Å². The summed E-state index contributed by atoms with van der Waals surface area (Å²) < 4.78 is 0. The molecule has 0 aromatic heterocycles. The van der Waals surface area contributed by atoms with E-state index in [-0.39, 0.29) is 23.9 Å². The second-order valence-corrected chi connectivity index (χ2v) is 5.84. The predicted octanol–water partition coefficient (Wildman–Crippen LogP) is 2.21. The number of piperidine rings is 1. The van der Waals surface area contributed by atoms with E-state index < -0.39 is 0 Å². The van der Waals surface area contributed by atoms with E-state index in [1.165, 1.54) is 0 Å². The number of rotatable bonds is 3. The third kappa shape index (κ3) is 3.74. The number of benzene rings is 1. The average Bonchev–Trinajstić information content (AvgIpc) is 3.33. The monoisotopic (exact) mass is 287 g/mol. The van der Waals surface area contributed by atoms with E-state index in [9.17, 15) is 9.59 Å². The lowest BCUT2D eigenvalue weighted by molar-refractivity contribution is -0.123. The molecule has 5 nitrogen and oxygen atoms in total. The van der Waals surface area contributed by atoms with E-state index in [1.807, 2.05) is 35.2 Å². The molecule has 0 radical (unpaired) electrons. The number of anilines is 1. The van der Waals surface area contributed by atoms with Crippen LogP contribution in [0.1, 0.15) is 25.7 Å². The van der Waals surface area contributed by atoms with E-state index in [0.717, 1.165) is 31.4 Å². The van der Waals surface area contributed by atoms with Crippen LogP contribution in [0.25, 0.3) is 0 Å². The highest BCUT2D eigenvalue weighted by Crippen LogP contribution is 2.29. The normalized spacial score (nSPS) is 19.1. The highest BCUT2D eigenvalue weighted by atomic mass is 16.2. The first-order valence-corrected chi connectivity index (χ1v) is 7.64. The number of amides is 3. The summed E-state index contributed by atoms with van der Waals surface area (Å²) in [5.41, 5.74) is 0.812. The molecule has 112 valence electrons. The number of hydrogen-bond acceptors (Lipinski definition) is 2. The lowest BCUT2D eigenvalue weighted by atomic mass is 10.1. The Bertz CT molecular complexity index is 506. The molecule has 3 amide bonds. The fourth-order valence-corrected chi connectivity index (χ4v) is 2.62. The quantitative estimate of drug-likeness (QED) is 0.895. The van der Waals surface area contributed by atoms with Crippen LogP contribution in [-0.2, 0) is 4.79 Å². The summed E-state index contributed by atoms with van der Waals surface area (Å²) in [6.45, 7) is 1.38. The largest absolute Gasteiger partial charge is 0.353 e. The van der Waals surface area contributed by atoms with Crippen molar-refractivity contribution in [3.63, 3.8) is 0 Å². The molecule has 1 aromatic rings. The van der Waals surface area contributed by atoms with Gasteiger partial charge in [0.25, 0.3) is 0 Å². The van der Waals surface area contributed by atoms with Crippen molar-refractivity contribution in [2.24, 2.45) is 5.92 Å². The van der Waals surface area contributed by atoms with Crippen molar-refractivity contribution in [2.45, 2.75) is 31.7 Å². The third-order valence-corrected chi connectivity index (χ3v) is 4.10. The van der Waals surface area contributed by atoms with Gasteiger partial charge in [-0.15, -0.1) is 0 Å². The molecule has 1 saturated carbocycles. The van der Waals surface area contributed by atoms with Gasteiger partial charge >= 0.3 is 6.03 Å². The molecule has 3 rings (SSSR count). The van der Waals surface area contributed by atoms with Gasteiger partial charge in [0.05, 0.1) is 0 Å². The van der Waals surface area contributed by atoms with Crippen LogP contribution in [0.3, 0.4) is 0 Å². The zero-order valence-electron chi connectivity index (χ0n) is 12.0. The van der Waals surface area contributed by atoms with Crippen LogP contribution in [0.5, 0.6) is 0 Å². The van der Waals surface area contributed by atoms with Crippen molar-refractivity contribution in [2.75, 3.05) is 18.4 Å². The maximum absolute atomic E-state index is 12.1. The molecule has 5 heteroatoms. The van der Waals surface area contributed by atoms with Crippen molar-refractivity contribution in [1.29, 1.82) is 0 Å². The first-order chi connectivity index (χ1) is 10.2. The summed E-state index contributed by atoms with van der Waals surface area (Å²) in [5, 5.41) is 5.99. The molecule has 21 heavy (non-hydrogen) atoms. The van der Waals surface area contributed by atoms with Crippen LogP contribution in [0, 0.1) is 5.92 Å². The molecule has 1 aliphatic heterocycles. The second kappa shape index (κ2) is 6.16. The van der Waals surface area contributed by atoms with Crippen LogP contribution in [-0.4, -0.2) is 36.0 Å². The van der Waals surface area contributed by atoms with Crippen LogP contribution in [0.4, 0.5) is 10.5 Å². The van der Waals surface area contributed by atoms with Crippen molar-refractivity contribution >= 4 is 17.6 Å². The molecule has 2 N–H and O–H groups in total. The van der Waals surface area contributed by atoms with Gasteiger partial charge in [-0.1, -0.05) is 18.2 Å². The van der Waals surface area contributed by atoms with Gasteiger partial charge in [-0.25, -0.2) is 4.79 Å². The first kappa shape index (κ1) is 13.9. The van der Waals surface area contributed by atoms with E-state index >= 15 is 0 Å². The van der Waals surface area contributed by atoms with E-state index in [2.05, 4.69) is 10.6 Å². The Morgan fingerprint density at radius 3 is 2.29 bits per heavy atom. The van der Waals surface area contributed by atoms with Crippen LogP contribution in [0.2, 0.25) is 0 Å². The van der Waals surface area contributed by atoms with Gasteiger partial charge in [0.15, 0.2) is 0 Å².